The average Bonchev–Trinajstić information content (AvgIpc) is 2.91. The van der Waals surface area contributed by atoms with E-state index in [0.29, 0.717) is 19.0 Å². The van der Waals surface area contributed by atoms with Crippen molar-refractivity contribution in [2.75, 3.05) is 26.2 Å². The van der Waals surface area contributed by atoms with Crippen LogP contribution in [0.5, 0.6) is 0 Å². The van der Waals surface area contributed by atoms with Crippen LogP contribution < -0.4 is 5.32 Å². The maximum Gasteiger partial charge on any atom is 0.318 e. The molecule has 3 N–H and O–H groups in total. The van der Waals surface area contributed by atoms with Gasteiger partial charge < -0.3 is 20.4 Å². The molecular formula is C18H33N3O4. The summed E-state index contributed by atoms with van der Waals surface area (Å²) in [5.41, 5.74) is -0.430. The number of rotatable bonds is 8. The molecule has 0 aromatic carbocycles. The number of carboxylic acid groups (broad SMARTS) is 1. The molecule has 2 fully saturated rings. The number of carboxylic acids is 1. The molecule has 1 aliphatic heterocycles. The van der Waals surface area contributed by atoms with Crippen LogP contribution in [0.15, 0.2) is 0 Å². The lowest BCUT2D eigenvalue weighted by Gasteiger charge is -2.44. The van der Waals surface area contributed by atoms with Crippen LogP contribution in [0, 0.1) is 5.92 Å². The summed E-state index contributed by atoms with van der Waals surface area (Å²) in [7, 11) is 0. The van der Waals surface area contributed by atoms with Crippen molar-refractivity contribution in [1.82, 2.24) is 15.1 Å². The third-order valence-electron chi connectivity index (χ3n) is 5.63. The molecule has 1 heterocycles. The molecular weight excluding hydrogens is 322 g/mol. The van der Waals surface area contributed by atoms with E-state index in [1.54, 1.807) is 0 Å². The molecule has 0 bridgehead atoms. The summed E-state index contributed by atoms with van der Waals surface area (Å²) in [6.07, 6.45) is 4.17. The van der Waals surface area contributed by atoms with Gasteiger partial charge in [-0.15, -0.1) is 0 Å². The number of carbonyl (C=O) groups is 2. The van der Waals surface area contributed by atoms with Crippen molar-refractivity contribution in [3.8, 4) is 0 Å². The van der Waals surface area contributed by atoms with Crippen LogP contribution in [0.2, 0.25) is 0 Å². The van der Waals surface area contributed by atoms with Gasteiger partial charge in [0.2, 0.25) is 0 Å². The second-order valence-electron chi connectivity index (χ2n) is 7.96. The Hall–Kier alpha value is -1.34. The summed E-state index contributed by atoms with van der Waals surface area (Å²) in [5.74, 6) is -0.393. The third kappa shape index (κ3) is 4.64. The normalized spacial score (nSPS) is 29.1. The summed E-state index contributed by atoms with van der Waals surface area (Å²) >= 11 is 0. The number of likely N-dealkylation sites (tertiary alicyclic amines) is 1. The van der Waals surface area contributed by atoms with E-state index in [9.17, 15) is 14.7 Å². The minimum Gasteiger partial charge on any atom is -0.480 e. The van der Waals surface area contributed by atoms with Crippen LogP contribution in [0.4, 0.5) is 4.79 Å². The molecule has 7 heteroatoms. The molecule has 0 radical (unpaired) electrons. The molecule has 144 valence electrons. The highest BCUT2D eigenvalue weighted by molar-refractivity contribution is 5.76. The summed E-state index contributed by atoms with van der Waals surface area (Å²) in [4.78, 5) is 27.4. The fourth-order valence-corrected chi connectivity index (χ4v) is 4.39. The van der Waals surface area contributed by atoms with Gasteiger partial charge in [0, 0.05) is 18.6 Å². The Morgan fingerprint density at radius 1 is 1.36 bits per heavy atom. The van der Waals surface area contributed by atoms with Crippen LogP contribution in [0.25, 0.3) is 0 Å². The van der Waals surface area contributed by atoms with Gasteiger partial charge in [0.05, 0.1) is 18.7 Å². The smallest absolute Gasteiger partial charge is 0.318 e. The Kier molecular flexibility index (Phi) is 6.68. The van der Waals surface area contributed by atoms with E-state index in [4.69, 9.17) is 5.11 Å². The van der Waals surface area contributed by atoms with E-state index in [-0.39, 0.29) is 31.3 Å². The van der Waals surface area contributed by atoms with E-state index in [1.165, 1.54) is 0 Å². The number of amides is 2. The van der Waals surface area contributed by atoms with E-state index in [0.717, 1.165) is 32.1 Å². The number of urea groups is 1. The molecule has 0 aromatic heterocycles. The number of nitrogens with one attached hydrogen (secondary N) is 1. The molecule has 1 aliphatic carbocycles. The van der Waals surface area contributed by atoms with Gasteiger partial charge in [-0.25, -0.2) is 4.79 Å². The summed E-state index contributed by atoms with van der Waals surface area (Å²) in [5, 5.41) is 22.0. The predicted octanol–water partition coefficient (Wildman–Crippen LogP) is 1.51. The molecule has 7 nitrogen and oxygen atoms in total. The molecule has 1 unspecified atom stereocenters. The van der Waals surface area contributed by atoms with Crippen LogP contribution in [0.1, 0.15) is 52.9 Å². The summed E-state index contributed by atoms with van der Waals surface area (Å²) in [6.45, 7) is 7.64. The van der Waals surface area contributed by atoms with Crippen LogP contribution in [-0.4, -0.2) is 75.9 Å². The first-order valence-electron chi connectivity index (χ1n) is 9.46. The maximum atomic E-state index is 12.7. The van der Waals surface area contributed by atoms with E-state index < -0.39 is 11.5 Å². The second-order valence-corrected chi connectivity index (χ2v) is 7.96. The summed E-state index contributed by atoms with van der Waals surface area (Å²) in [6, 6.07) is 0.233. The fraction of sp³-hybridized carbons (Fsp3) is 0.889. The Morgan fingerprint density at radius 3 is 2.56 bits per heavy atom. The topological polar surface area (TPSA) is 93.1 Å². The molecule has 0 aromatic rings. The van der Waals surface area contributed by atoms with E-state index in [2.05, 4.69) is 19.2 Å². The van der Waals surface area contributed by atoms with Crippen molar-refractivity contribution >= 4 is 12.0 Å². The number of likely N-dealkylation sites (N-methyl/N-ethyl adjacent to an activating group) is 1. The van der Waals surface area contributed by atoms with Gasteiger partial charge in [-0.05, 0) is 44.6 Å². The SMILES string of the molecule is CCN(CC(=O)O)C1CC(NC(=O)N2CCCC2(CO)CC(C)C)C1. The zero-order valence-electron chi connectivity index (χ0n) is 15.7. The van der Waals surface area contributed by atoms with Crippen molar-refractivity contribution < 1.29 is 19.8 Å². The predicted molar refractivity (Wildman–Crippen MR) is 95.4 cm³/mol. The van der Waals surface area contributed by atoms with Crippen molar-refractivity contribution in [1.29, 1.82) is 0 Å². The highest BCUT2D eigenvalue weighted by Crippen LogP contribution is 2.35. The Morgan fingerprint density at radius 2 is 2.04 bits per heavy atom. The van der Waals surface area contributed by atoms with Gasteiger partial charge in [-0.3, -0.25) is 9.69 Å². The molecule has 2 amide bonds. The number of aliphatic hydroxyl groups excluding tert-OH is 1. The lowest BCUT2D eigenvalue weighted by atomic mass is 9.85. The van der Waals surface area contributed by atoms with Gasteiger partial charge in [0.15, 0.2) is 0 Å². The number of nitrogens with zero attached hydrogens (tertiary/aromatic N) is 2. The largest absolute Gasteiger partial charge is 0.480 e. The first-order valence-corrected chi connectivity index (χ1v) is 9.46. The van der Waals surface area contributed by atoms with Gasteiger partial charge in [-0.2, -0.15) is 0 Å². The number of aliphatic hydroxyl groups is 1. The average molecular weight is 355 g/mol. The first-order chi connectivity index (χ1) is 11.8. The third-order valence-corrected chi connectivity index (χ3v) is 5.63. The lowest BCUT2D eigenvalue weighted by Crippen LogP contribution is -2.60. The zero-order chi connectivity index (χ0) is 18.6. The molecule has 1 saturated carbocycles. The summed E-state index contributed by atoms with van der Waals surface area (Å²) < 4.78 is 0. The van der Waals surface area contributed by atoms with Gasteiger partial charge in [0.25, 0.3) is 0 Å². The number of hydrogen-bond donors (Lipinski definition) is 3. The number of carbonyl (C=O) groups excluding carboxylic acids is 1. The van der Waals surface area contributed by atoms with Crippen molar-refractivity contribution in [2.24, 2.45) is 5.92 Å². The van der Waals surface area contributed by atoms with Crippen LogP contribution in [-0.2, 0) is 4.79 Å². The van der Waals surface area contributed by atoms with Crippen LogP contribution in [0.3, 0.4) is 0 Å². The van der Waals surface area contributed by atoms with Gasteiger partial charge in [0.1, 0.15) is 0 Å². The second kappa shape index (κ2) is 8.36. The van der Waals surface area contributed by atoms with Gasteiger partial charge in [-0.1, -0.05) is 20.8 Å². The number of hydrogen-bond acceptors (Lipinski definition) is 4. The maximum absolute atomic E-state index is 12.7. The van der Waals surface area contributed by atoms with Crippen molar-refractivity contribution in [3.05, 3.63) is 0 Å². The minimum absolute atomic E-state index is 0.00805. The van der Waals surface area contributed by atoms with Crippen LogP contribution >= 0.6 is 0 Å². The fourth-order valence-electron chi connectivity index (χ4n) is 4.39. The minimum atomic E-state index is -0.812. The zero-order valence-corrected chi connectivity index (χ0v) is 15.7. The Balaban J connectivity index is 1.87. The Labute approximate surface area is 150 Å². The molecule has 1 saturated heterocycles. The monoisotopic (exact) mass is 355 g/mol. The van der Waals surface area contributed by atoms with E-state index >= 15 is 0 Å². The van der Waals surface area contributed by atoms with Crippen molar-refractivity contribution in [3.63, 3.8) is 0 Å². The lowest BCUT2D eigenvalue weighted by molar-refractivity contribution is -0.139. The van der Waals surface area contributed by atoms with Crippen molar-refractivity contribution in [2.45, 2.75) is 70.5 Å². The van der Waals surface area contributed by atoms with E-state index in [1.807, 2.05) is 16.7 Å². The standard InChI is InChI=1S/C18H33N3O4/c1-4-20(11-16(23)24)15-8-14(9-15)19-17(25)21-7-5-6-18(21,12-22)10-13(2)3/h13-15,22H,4-12H2,1-3H3,(H,19,25)(H,23,24). The molecule has 0 spiro atoms. The molecule has 25 heavy (non-hydrogen) atoms. The van der Waals surface area contributed by atoms with Gasteiger partial charge >= 0.3 is 12.0 Å². The molecule has 2 aliphatic rings. The molecule has 2 rings (SSSR count). The highest BCUT2D eigenvalue weighted by atomic mass is 16.4. The highest BCUT2D eigenvalue weighted by Gasteiger charge is 2.45. The number of aliphatic carboxylic acids is 1. The first kappa shape index (κ1) is 20.0. The molecule has 1 atom stereocenters. The quantitative estimate of drug-likeness (QED) is 0.614. The Bertz CT molecular complexity index is 479.